The molecule has 0 fully saturated rings. The van der Waals surface area contributed by atoms with Crippen molar-refractivity contribution >= 4 is 5.57 Å². The van der Waals surface area contributed by atoms with Crippen molar-refractivity contribution in [3.8, 4) is 11.5 Å². The molecule has 0 saturated heterocycles. The summed E-state index contributed by atoms with van der Waals surface area (Å²) >= 11 is 0. The number of ether oxygens (including phenoxy) is 4. The Labute approximate surface area is 113 Å². The lowest BCUT2D eigenvalue weighted by Gasteiger charge is -2.14. The Hall–Kier alpha value is -1.52. The lowest BCUT2D eigenvalue weighted by atomic mass is 10.0. The molecule has 104 valence electrons. The van der Waals surface area contributed by atoms with Gasteiger partial charge in [-0.3, -0.25) is 0 Å². The first-order valence-corrected chi connectivity index (χ1v) is 6.42. The number of hydrogen-bond acceptors (Lipinski definition) is 4. The highest BCUT2D eigenvalue weighted by Crippen LogP contribution is 2.36. The van der Waals surface area contributed by atoms with Crippen LogP contribution in [-0.4, -0.2) is 27.8 Å². The first-order valence-electron chi connectivity index (χ1n) is 6.42. The van der Waals surface area contributed by atoms with Crippen LogP contribution in [0.25, 0.3) is 5.57 Å². The molecule has 2 rings (SSSR count). The number of benzene rings is 1. The largest absolute Gasteiger partial charge is 0.467 e. The Morgan fingerprint density at radius 2 is 1.84 bits per heavy atom. The van der Waals surface area contributed by atoms with E-state index in [0.717, 1.165) is 29.9 Å². The summed E-state index contributed by atoms with van der Waals surface area (Å²) in [5.41, 5.74) is 2.46. The standard InChI is InChI=1S/C15H20O4/c1-16-10-18-13-7-8-14(12-5-3-4-6-12)15(9-13)19-11-17-2/h5,7-9H,3-4,6,10-11H2,1-2H3. The number of methoxy groups -OCH3 is 2. The van der Waals surface area contributed by atoms with Crippen molar-refractivity contribution in [3.05, 3.63) is 29.8 Å². The van der Waals surface area contributed by atoms with E-state index in [1.54, 1.807) is 14.2 Å². The van der Waals surface area contributed by atoms with Crippen LogP contribution in [0.15, 0.2) is 24.3 Å². The molecule has 0 unspecified atom stereocenters. The van der Waals surface area contributed by atoms with Gasteiger partial charge < -0.3 is 18.9 Å². The minimum Gasteiger partial charge on any atom is -0.467 e. The van der Waals surface area contributed by atoms with E-state index >= 15 is 0 Å². The van der Waals surface area contributed by atoms with Crippen molar-refractivity contribution in [2.75, 3.05) is 27.8 Å². The summed E-state index contributed by atoms with van der Waals surface area (Å²) in [6.45, 7) is 0.458. The highest BCUT2D eigenvalue weighted by Gasteiger charge is 2.13. The molecule has 1 aromatic rings. The van der Waals surface area contributed by atoms with Crippen LogP contribution in [0.3, 0.4) is 0 Å². The van der Waals surface area contributed by atoms with E-state index < -0.39 is 0 Å². The number of allylic oxidation sites excluding steroid dienone is 2. The quantitative estimate of drug-likeness (QED) is 0.709. The molecule has 0 bridgehead atoms. The first kappa shape index (κ1) is 13.9. The smallest absolute Gasteiger partial charge is 0.188 e. The van der Waals surface area contributed by atoms with Crippen molar-refractivity contribution in [2.24, 2.45) is 0 Å². The third-order valence-corrected chi connectivity index (χ3v) is 3.02. The van der Waals surface area contributed by atoms with Crippen molar-refractivity contribution < 1.29 is 18.9 Å². The van der Waals surface area contributed by atoms with E-state index in [0.29, 0.717) is 0 Å². The predicted octanol–water partition coefficient (Wildman–Crippen LogP) is 3.22. The highest BCUT2D eigenvalue weighted by molar-refractivity contribution is 5.72. The van der Waals surface area contributed by atoms with Gasteiger partial charge in [0, 0.05) is 25.8 Å². The molecule has 4 nitrogen and oxygen atoms in total. The van der Waals surface area contributed by atoms with Crippen molar-refractivity contribution in [3.63, 3.8) is 0 Å². The lowest BCUT2D eigenvalue weighted by Crippen LogP contribution is -2.03. The molecule has 4 heteroatoms. The number of rotatable bonds is 7. The third-order valence-electron chi connectivity index (χ3n) is 3.02. The summed E-state index contributed by atoms with van der Waals surface area (Å²) in [5.74, 6) is 1.53. The monoisotopic (exact) mass is 264 g/mol. The van der Waals surface area contributed by atoms with Gasteiger partial charge in [-0.05, 0) is 37.0 Å². The molecule has 1 aromatic carbocycles. The Kier molecular flexibility index (Phi) is 5.24. The van der Waals surface area contributed by atoms with Crippen LogP contribution < -0.4 is 9.47 Å². The van der Waals surface area contributed by atoms with Gasteiger partial charge in [-0.25, -0.2) is 0 Å². The average Bonchev–Trinajstić information content (AvgIpc) is 2.97. The summed E-state index contributed by atoms with van der Waals surface area (Å²) in [4.78, 5) is 0. The van der Waals surface area contributed by atoms with E-state index in [-0.39, 0.29) is 13.6 Å². The molecule has 0 aliphatic heterocycles. The molecule has 0 heterocycles. The summed E-state index contributed by atoms with van der Waals surface area (Å²) in [5, 5.41) is 0. The average molecular weight is 264 g/mol. The molecule has 0 N–H and O–H groups in total. The second-order valence-corrected chi connectivity index (χ2v) is 4.38. The Morgan fingerprint density at radius 3 is 2.53 bits per heavy atom. The van der Waals surface area contributed by atoms with Gasteiger partial charge in [0.2, 0.25) is 0 Å². The lowest BCUT2D eigenvalue weighted by molar-refractivity contribution is 0.0459. The van der Waals surface area contributed by atoms with Crippen molar-refractivity contribution in [1.82, 2.24) is 0 Å². The molecule has 0 amide bonds. The minimum atomic E-state index is 0.228. The van der Waals surface area contributed by atoms with Crippen LogP contribution in [0.1, 0.15) is 24.8 Å². The zero-order valence-electron chi connectivity index (χ0n) is 11.5. The van der Waals surface area contributed by atoms with E-state index in [1.165, 1.54) is 12.0 Å². The van der Waals surface area contributed by atoms with E-state index in [4.69, 9.17) is 18.9 Å². The van der Waals surface area contributed by atoms with Gasteiger partial charge in [-0.15, -0.1) is 0 Å². The normalized spacial score (nSPS) is 14.3. The van der Waals surface area contributed by atoms with Gasteiger partial charge in [0.15, 0.2) is 13.6 Å². The van der Waals surface area contributed by atoms with Crippen molar-refractivity contribution in [1.29, 1.82) is 0 Å². The summed E-state index contributed by atoms with van der Waals surface area (Å²) < 4.78 is 20.9. The second kappa shape index (κ2) is 7.16. The van der Waals surface area contributed by atoms with Crippen LogP contribution in [-0.2, 0) is 9.47 Å². The van der Waals surface area contributed by atoms with Crippen LogP contribution in [0.4, 0.5) is 0 Å². The Bertz CT molecular complexity index is 440. The zero-order chi connectivity index (χ0) is 13.5. The predicted molar refractivity (Wildman–Crippen MR) is 73.3 cm³/mol. The molecule has 0 spiro atoms. The van der Waals surface area contributed by atoms with Crippen LogP contribution in [0.2, 0.25) is 0 Å². The summed E-state index contributed by atoms with van der Waals surface area (Å²) in [7, 11) is 3.21. The molecule has 1 aliphatic carbocycles. The van der Waals surface area contributed by atoms with Gasteiger partial charge >= 0.3 is 0 Å². The maximum atomic E-state index is 5.64. The summed E-state index contributed by atoms with van der Waals surface area (Å²) in [6.07, 6.45) is 5.72. The molecule has 19 heavy (non-hydrogen) atoms. The van der Waals surface area contributed by atoms with Crippen LogP contribution in [0, 0.1) is 0 Å². The minimum absolute atomic E-state index is 0.228. The Morgan fingerprint density at radius 1 is 1.05 bits per heavy atom. The Balaban J connectivity index is 2.20. The van der Waals surface area contributed by atoms with E-state index in [1.807, 2.05) is 18.2 Å². The fourth-order valence-corrected chi connectivity index (χ4v) is 2.14. The molecular formula is C15H20O4. The first-order chi connectivity index (χ1) is 9.35. The molecule has 0 radical (unpaired) electrons. The van der Waals surface area contributed by atoms with E-state index in [2.05, 4.69) is 6.08 Å². The van der Waals surface area contributed by atoms with E-state index in [9.17, 15) is 0 Å². The maximum Gasteiger partial charge on any atom is 0.188 e. The fraction of sp³-hybridized carbons (Fsp3) is 0.467. The van der Waals surface area contributed by atoms with Crippen molar-refractivity contribution in [2.45, 2.75) is 19.3 Å². The van der Waals surface area contributed by atoms with Gasteiger partial charge in [0.1, 0.15) is 11.5 Å². The van der Waals surface area contributed by atoms with Crippen LogP contribution >= 0.6 is 0 Å². The molecule has 0 aromatic heterocycles. The molecule has 1 aliphatic rings. The highest BCUT2D eigenvalue weighted by atomic mass is 16.7. The number of hydrogen-bond donors (Lipinski definition) is 0. The zero-order valence-corrected chi connectivity index (χ0v) is 11.5. The maximum absolute atomic E-state index is 5.64. The fourth-order valence-electron chi connectivity index (χ4n) is 2.14. The topological polar surface area (TPSA) is 36.9 Å². The SMILES string of the molecule is COCOc1ccc(C2=CCCC2)c(OCOC)c1. The van der Waals surface area contributed by atoms with Gasteiger partial charge in [-0.1, -0.05) is 6.08 Å². The van der Waals surface area contributed by atoms with Crippen LogP contribution in [0.5, 0.6) is 11.5 Å². The summed E-state index contributed by atoms with van der Waals surface area (Å²) in [6, 6.07) is 5.85. The van der Waals surface area contributed by atoms with Gasteiger partial charge in [-0.2, -0.15) is 0 Å². The van der Waals surface area contributed by atoms with Gasteiger partial charge in [0.05, 0.1) is 0 Å². The second-order valence-electron chi connectivity index (χ2n) is 4.38. The molecule has 0 atom stereocenters. The third kappa shape index (κ3) is 3.72. The van der Waals surface area contributed by atoms with Gasteiger partial charge in [0.25, 0.3) is 0 Å². The molecular weight excluding hydrogens is 244 g/mol. The molecule has 0 saturated carbocycles.